The molecule has 0 amide bonds. The van der Waals surface area contributed by atoms with Crippen LogP contribution >= 0.6 is 0 Å². The summed E-state index contributed by atoms with van der Waals surface area (Å²) >= 11 is 0. The van der Waals surface area contributed by atoms with E-state index in [1.54, 1.807) is 0 Å². The molecule has 5 heteroatoms. The van der Waals surface area contributed by atoms with Gasteiger partial charge in [0, 0.05) is 41.1 Å². The van der Waals surface area contributed by atoms with Crippen molar-refractivity contribution >= 4 is 28.4 Å². The number of anilines is 3. The lowest BCUT2D eigenvalue weighted by molar-refractivity contribution is 0.981. The highest BCUT2D eigenvalue weighted by atomic mass is 15.1. The van der Waals surface area contributed by atoms with Crippen LogP contribution in [-0.2, 0) is 6.42 Å². The molecule has 2 heterocycles. The smallest absolute Gasteiger partial charge is 0.224 e. The number of benzene rings is 2. The molecule has 0 fully saturated rings. The van der Waals surface area contributed by atoms with Crippen molar-refractivity contribution in [3.63, 3.8) is 0 Å². The van der Waals surface area contributed by atoms with Crippen LogP contribution in [0.2, 0.25) is 0 Å². The molecule has 3 N–H and O–H groups in total. The summed E-state index contributed by atoms with van der Waals surface area (Å²) in [5, 5.41) is 7.98. The summed E-state index contributed by atoms with van der Waals surface area (Å²) in [6, 6.07) is 18.6. The van der Waals surface area contributed by atoms with Crippen molar-refractivity contribution in [3.8, 4) is 0 Å². The second kappa shape index (κ2) is 7.50. The van der Waals surface area contributed by atoms with Gasteiger partial charge in [-0.05, 0) is 49.6 Å². The fraction of sp³-hybridized carbons (Fsp3) is 0.182. The largest absolute Gasteiger partial charge is 0.361 e. The zero-order chi connectivity index (χ0) is 18.6. The second-order valence-corrected chi connectivity index (χ2v) is 6.75. The Bertz CT molecular complexity index is 1070. The first-order valence-corrected chi connectivity index (χ1v) is 9.15. The lowest BCUT2D eigenvalue weighted by atomic mass is 10.1. The summed E-state index contributed by atoms with van der Waals surface area (Å²) in [5.74, 6) is 1.44. The Morgan fingerprint density at radius 1 is 0.963 bits per heavy atom. The molecule has 0 aliphatic carbocycles. The van der Waals surface area contributed by atoms with Crippen LogP contribution in [0.3, 0.4) is 0 Å². The average Bonchev–Trinajstić information content (AvgIpc) is 3.05. The van der Waals surface area contributed by atoms with Crippen molar-refractivity contribution in [2.75, 3.05) is 17.2 Å². The van der Waals surface area contributed by atoms with Gasteiger partial charge in [-0.3, -0.25) is 0 Å². The lowest BCUT2D eigenvalue weighted by Crippen LogP contribution is -2.09. The quantitative estimate of drug-likeness (QED) is 0.456. The first-order valence-electron chi connectivity index (χ1n) is 9.15. The third kappa shape index (κ3) is 4.08. The van der Waals surface area contributed by atoms with Gasteiger partial charge in [-0.2, -0.15) is 4.98 Å². The number of nitrogens with zero attached hydrogens (tertiary/aromatic N) is 2. The molecular formula is C22H23N5. The number of fused-ring (bicyclic) bond motifs is 1. The third-order valence-corrected chi connectivity index (χ3v) is 4.50. The van der Waals surface area contributed by atoms with Crippen molar-refractivity contribution in [2.45, 2.75) is 20.3 Å². The van der Waals surface area contributed by atoms with E-state index in [9.17, 15) is 0 Å². The van der Waals surface area contributed by atoms with Crippen LogP contribution in [0.15, 0.2) is 60.8 Å². The number of hydrogen-bond donors (Lipinski definition) is 3. The molecule has 136 valence electrons. The molecule has 0 spiro atoms. The molecule has 0 unspecified atom stereocenters. The van der Waals surface area contributed by atoms with Crippen molar-refractivity contribution in [1.82, 2.24) is 15.0 Å². The first-order chi connectivity index (χ1) is 13.2. The Balaban J connectivity index is 1.43. The van der Waals surface area contributed by atoms with Crippen molar-refractivity contribution in [3.05, 3.63) is 77.6 Å². The molecule has 0 atom stereocenters. The van der Waals surface area contributed by atoms with Crippen LogP contribution in [-0.4, -0.2) is 21.5 Å². The predicted octanol–water partition coefficient (Wildman–Crippen LogP) is 4.97. The van der Waals surface area contributed by atoms with Crippen LogP contribution in [0, 0.1) is 13.8 Å². The van der Waals surface area contributed by atoms with E-state index in [1.165, 1.54) is 22.0 Å². The fourth-order valence-corrected chi connectivity index (χ4v) is 3.23. The summed E-state index contributed by atoms with van der Waals surface area (Å²) in [5.41, 5.74) is 5.63. The molecule has 2 aromatic heterocycles. The van der Waals surface area contributed by atoms with Crippen LogP contribution in [0.25, 0.3) is 10.9 Å². The molecule has 0 aliphatic heterocycles. The van der Waals surface area contributed by atoms with Crippen molar-refractivity contribution in [2.24, 2.45) is 0 Å². The van der Waals surface area contributed by atoms with Crippen LogP contribution in [0.1, 0.15) is 16.8 Å². The zero-order valence-corrected chi connectivity index (χ0v) is 15.6. The normalized spacial score (nSPS) is 10.9. The van der Waals surface area contributed by atoms with Gasteiger partial charge in [-0.1, -0.05) is 30.3 Å². The second-order valence-electron chi connectivity index (χ2n) is 6.75. The van der Waals surface area contributed by atoms with E-state index in [0.29, 0.717) is 5.95 Å². The van der Waals surface area contributed by atoms with Gasteiger partial charge in [0.2, 0.25) is 5.95 Å². The number of aryl methyl sites for hydroxylation is 2. The minimum absolute atomic E-state index is 0.644. The summed E-state index contributed by atoms with van der Waals surface area (Å²) in [6.07, 6.45) is 2.98. The monoisotopic (exact) mass is 357 g/mol. The summed E-state index contributed by atoms with van der Waals surface area (Å²) in [6.45, 7) is 4.83. The van der Waals surface area contributed by atoms with E-state index >= 15 is 0 Å². The molecule has 2 aromatic carbocycles. The molecule has 0 saturated heterocycles. The molecule has 4 rings (SSSR count). The van der Waals surface area contributed by atoms with E-state index in [2.05, 4.69) is 69.0 Å². The van der Waals surface area contributed by atoms with E-state index in [4.69, 9.17) is 0 Å². The number of para-hydroxylation sites is 1. The maximum atomic E-state index is 4.60. The standard InChI is InChI=1S/C22H23N5/c1-15-6-5-7-18(12-15)26-21-13-16(2)25-22(27-21)23-11-10-17-14-24-20-9-4-3-8-19(17)20/h3-9,12-14,24H,10-11H2,1-2H3,(H2,23,25,26,27). The van der Waals surface area contributed by atoms with Crippen molar-refractivity contribution < 1.29 is 0 Å². The van der Waals surface area contributed by atoms with Gasteiger partial charge >= 0.3 is 0 Å². The molecular weight excluding hydrogens is 334 g/mol. The zero-order valence-electron chi connectivity index (χ0n) is 15.6. The summed E-state index contributed by atoms with van der Waals surface area (Å²) in [7, 11) is 0. The fourth-order valence-electron chi connectivity index (χ4n) is 3.23. The number of hydrogen-bond acceptors (Lipinski definition) is 4. The van der Waals surface area contributed by atoms with Crippen molar-refractivity contribution in [1.29, 1.82) is 0 Å². The van der Waals surface area contributed by atoms with Crippen LogP contribution in [0.4, 0.5) is 17.5 Å². The first kappa shape index (κ1) is 17.1. The highest BCUT2D eigenvalue weighted by molar-refractivity contribution is 5.83. The van der Waals surface area contributed by atoms with Gasteiger partial charge in [-0.25, -0.2) is 4.98 Å². The predicted molar refractivity (Wildman–Crippen MR) is 112 cm³/mol. The Morgan fingerprint density at radius 2 is 1.85 bits per heavy atom. The van der Waals surface area contributed by atoms with E-state index in [1.807, 2.05) is 31.2 Å². The van der Waals surface area contributed by atoms with Gasteiger partial charge in [0.1, 0.15) is 5.82 Å². The topological polar surface area (TPSA) is 65.6 Å². The Kier molecular flexibility index (Phi) is 4.75. The third-order valence-electron chi connectivity index (χ3n) is 4.50. The van der Waals surface area contributed by atoms with E-state index < -0.39 is 0 Å². The van der Waals surface area contributed by atoms with Gasteiger partial charge in [-0.15, -0.1) is 0 Å². The number of aromatic nitrogens is 3. The average molecular weight is 357 g/mol. The highest BCUT2D eigenvalue weighted by Gasteiger charge is 2.05. The van der Waals surface area contributed by atoms with E-state index in [0.717, 1.165) is 30.2 Å². The molecule has 0 radical (unpaired) electrons. The summed E-state index contributed by atoms with van der Waals surface area (Å²) in [4.78, 5) is 12.4. The molecule has 0 saturated carbocycles. The SMILES string of the molecule is Cc1cccc(Nc2cc(C)nc(NCCc3c[nH]c4ccccc34)n2)c1. The lowest BCUT2D eigenvalue weighted by Gasteiger charge is -2.10. The molecule has 0 aliphatic rings. The highest BCUT2D eigenvalue weighted by Crippen LogP contribution is 2.19. The maximum Gasteiger partial charge on any atom is 0.224 e. The number of H-pyrrole nitrogens is 1. The number of nitrogens with one attached hydrogen (secondary N) is 3. The van der Waals surface area contributed by atoms with Gasteiger partial charge < -0.3 is 15.6 Å². The minimum atomic E-state index is 0.644. The number of rotatable bonds is 6. The molecule has 5 nitrogen and oxygen atoms in total. The number of aromatic amines is 1. The summed E-state index contributed by atoms with van der Waals surface area (Å²) < 4.78 is 0. The maximum absolute atomic E-state index is 4.60. The van der Waals surface area contributed by atoms with Gasteiger partial charge in [0.15, 0.2) is 0 Å². The Hall–Kier alpha value is -3.34. The Labute approximate surface area is 158 Å². The molecule has 0 bridgehead atoms. The minimum Gasteiger partial charge on any atom is -0.361 e. The van der Waals surface area contributed by atoms with E-state index in [-0.39, 0.29) is 0 Å². The van der Waals surface area contributed by atoms with Crippen LogP contribution in [0.5, 0.6) is 0 Å². The Morgan fingerprint density at radius 3 is 2.74 bits per heavy atom. The molecule has 4 aromatic rings. The van der Waals surface area contributed by atoms with Gasteiger partial charge in [0.25, 0.3) is 0 Å². The van der Waals surface area contributed by atoms with Gasteiger partial charge in [0.05, 0.1) is 0 Å². The van der Waals surface area contributed by atoms with Crippen LogP contribution < -0.4 is 10.6 Å². The molecule has 27 heavy (non-hydrogen) atoms.